The van der Waals surface area contributed by atoms with Crippen LogP contribution < -0.4 is 5.32 Å². The number of nitrogens with one attached hydrogen (secondary N) is 1. The number of hydrogen-bond donors (Lipinski definition) is 3. The minimum Gasteiger partial charge on any atom is -0.394 e. The van der Waals surface area contributed by atoms with Crippen LogP contribution in [0.5, 0.6) is 0 Å². The predicted octanol–water partition coefficient (Wildman–Crippen LogP) is 9.90. The molecule has 0 aromatic rings. The van der Waals surface area contributed by atoms with Crippen molar-refractivity contribution in [2.45, 2.75) is 180 Å². The molecule has 4 nitrogen and oxygen atoms in total. The zero-order valence-electron chi connectivity index (χ0n) is 26.6. The molecule has 0 radical (unpaired) electrons. The molecule has 0 bridgehead atoms. The zero-order valence-corrected chi connectivity index (χ0v) is 26.6. The fraction of sp³-hybridized carbons (Fsp3) is 0.806. The van der Waals surface area contributed by atoms with E-state index in [1.54, 1.807) is 6.08 Å². The third-order valence-corrected chi connectivity index (χ3v) is 7.65. The summed E-state index contributed by atoms with van der Waals surface area (Å²) in [6.45, 7) is 4.25. The van der Waals surface area contributed by atoms with Crippen LogP contribution >= 0.6 is 0 Å². The van der Waals surface area contributed by atoms with Gasteiger partial charge in [0, 0.05) is 6.42 Å². The van der Waals surface area contributed by atoms with Gasteiger partial charge in [0.25, 0.3) is 0 Å². The highest BCUT2D eigenvalue weighted by atomic mass is 16.3. The average molecular weight is 562 g/mol. The molecular weight excluding hydrogens is 494 g/mol. The molecule has 0 rings (SSSR count). The monoisotopic (exact) mass is 562 g/mol. The maximum atomic E-state index is 12.3. The first-order chi connectivity index (χ1) is 19.7. The van der Waals surface area contributed by atoms with Gasteiger partial charge in [-0.3, -0.25) is 4.79 Å². The van der Waals surface area contributed by atoms with Gasteiger partial charge in [-0.15, -0.1) is 0 Å². The fourth-order valence-electron chi connectivity index (χ4n) is 4.93. The van der Waals surface area contributed by atoms with E-state index in [1.807, 2.05) is 6.08 Å². The number of allylic oxidation sites excluding steroid dienone is 5. The standard InChI is InChI=1S/C36H67NO3/c1-3-5-7-9-11-13-15-17-18-20-22-24-26-28-30-32-36(40)37-34(33-38)35(39)31-29-27-25-23-21-19-16-14-12-10-8-6-4-2/h11,13,15,17,29,31,34-35,38-39H,3-10,12,14,16,18-28,30,32-33H2,1-2H3,(H,37,40)/b13-11-,17-15-,31-29+. The number of amides is 1. The maximum absolute atomic E-state index is 12.3. The Balaban J connectivity index is 3.68. The Hall–Kier alpha value is -1.39. The summed E-state index contributed by atoms with van der Waals surface area (Å²) in [6.07, 6.45) is 40.7. The summed E-state index contributed by atoms with van der Waals surface area (Å²) in [6, 6.07) is -0.625. The number of carbonyl (C=O) groups is 1. The maximum Gasteiger partial charge on any atom is 0.220 e. The van der Waals surface area contributed by atoms with Gasteiger partial charge in [0.15, 0.2) is 0 Å². The lowest BCUT2D eigenvalue weighted by Crippen LogP contribution is -2.45. The van der Waals surface area contributed by atoms with Gasteiger partial charge in [-0.2, -0.15) is 0 Å². The molecule has 0 spiro atoms. The van der Waals surface area contributed by atoms with Crippen LogP contribution in [0.3, 0.4) is 0 Å². The van der Waals surface area contributed by atoms with Crippen LogP contribution in [0.2, 0.25) is 0 Å². The van der Waals surface area contributed by atoms with Gasteiger partial charge in [-0.1, -0.05) is 153 Å². The Bertz CT molecular complexity index is 613. The third kappa shape index (κ3) is 28.1. The van der Waals surface area contributed by atoms with E-state index in [2.05, 4.69) is 43.5 Å². The second-order valence-electron chi connectivity index (χ2n) is 11.6. The number of aliphatic hydroxyl groups excluding tert-OH is 2. The molecule has 0 aliphatic carbocycles. The molecule has 0 aliphatic heterocycles. The second kappa shape index (κ2) is 32.1. The predicted molar refractivity (Wildman–Crippen MR) is 175 cm³/mol. The minimum atomic E-state index is -0.841. The third-order valence-electron chi connectivity index (χ3n) is 7.65. The Morgan fingerprint density at radius 1 is 0.600 bits per heavy atom. The molecule has 0 fully saturated rings. The quantitative estimate of drug-likeness (QED) is 0.0464. The largest absolute Gasteiger partial charge is 0.394 e. The van der Waals surface area contributed by atoms with Gasteiger partial charge >= 0.3 is 0 Å². The van der Waals surface area contributed by atoms with Crippen molar-refractivity contribution in [3.63, 3.8) is 0 Å². The summed E-state index contributed by atoms with van der Waals surface area (Å²) in [5.74, 6) is -0.0789. The van der Waals surface area contributed by atoms with E-state index in [-0.39, 0.29) is 12.5 Å². The van der Waals surface area contributed by atoms with E-state index < -0.39 is 12.1 Å². The molecule has 0 aromatic carbocycles. The molecule has 0 aliphatic rings. The van der Waals surface area contributed by atoms with Crippen molar-refractivity contribution in [3.05, 3.63) is 36.5 Å². The van der Waals surface area contributed by atoms with Crippen LogP contribution in [0.25, 0.3) is 0 Å². The van der Waals surface area contributed by atoms with E-state index in [9.17, 15) is 15.0 Å². The Labute approximate surface area is 249 Å². The topological polar surface area (TPSA) is 69.6 Å². The molecule has 1 amide bonds. The molecule has 0 aromatic heterocycles. The van der Waals surface area contributed by atoms with E-state index in [1.165, 1.54) is 109 Å². The first-order valence-corrected chi connectivity index (χ1v) is 17.2. The number of unbranched alkanes of at least 4 members (excludes halogenated alkanes) is 20. The van der Waals surface area contributed by atoms with Crippen LogP contribution in [0, 0.1) is 0 Å². The molecule has 0 saturated carbocycles. The Kier molecular flexibility index (Phi) is 31.0. The zero-order chi connectivity index (χ0) is 29.4. The van der Waals surface area contributed by atoms with Crippen LogP contribution in [-0.4, -0.2) is 34.9 Å². The van der Waals surface area contributed by atoms with Gasteiger partial charge in [0.1, 0.15) is 0 Å². The highest BCUT2D eigenvalue weighted by Gasteiger charge is 2.17. The summed E-state index contributed by atoms with van der Waals surface area (Å²) in [5, 5.41) is 22.8. The molecule has 4 heteroatoms. The van der Waals surface area contributed by atoms with Crippen LogP contribution in [0.15, 0.2) is 36.5 Å². The van der Waals surface area contributed by atoms with Crippen molar-refractivity contribution in [1.82, 2.24) is 5.32 Å². The average Bonchev–Trinajstić information content (AvgIpc) is 2.96. The Morgan fingerprint density at radius 2 is 1.00 bits per heavy atom. The van der Waals surface area contributed by atoms with Crippen LogP contribution in [-0.2, 0) is 4.79 Å². The van der Waals surface area contributed by atoms with Crippen LogP contribution in [0.1, 0.15) is 168 Å². The van der Waals surface area contributed by atoms with Crippen LogP contribution in [0.4, 0.5) is 0 Å². The van der Waals surface area contributed by atoms with E-state index in [0.29, 0.717) is 6.42 Å². The fourth-order valence-corrected chi connectivity index (χ4v) is 4.93. The normalized spacial score (nSPS) is 13.6. The Morgan fingerprint density at radius 3 is 1.50 bits per heavy atom. The van der Waals surface area contributed by atoms with Crippen molar-refractivity contribution in [3.8, 4) is 0 Å². The summed E-state index contributed by atoms with van der Waals surface area (Å²) in [7, 11) is 0. The van der Waals surface area contributed by atoms with Crippen molar-refractivity contribution in [2.24, 2.45) is 0 Å². The summed E-state index contributed by atoms with van der Waals surface area (Å²) in [4.78, 5) is 12.3. The van der Waals surface area contributed by atoms with Gasteiger partial charge in [-0.25, -0.2) is 0 Å². The highest BCUT2D eigenvalue weighted by molar-refractivity contribution is 5.76. The summed E-state index contributed by atoms with van der Waals surface area (Å²) >= 11 is 0. The molecule has 0 heterocycles. The SMILES string of the molecule is CCCCC/C=C\C=C/CCCCCCCCC(=O)NC(CO)C(O)/C=C/CCCCCCCCCCCCC. The van der Waals surface area contributed by atoms with Gasteiger partial charge in [-0.05, 0) is 44.9 Å². The molecule has 2 unspecified atom stereocenters. The first-order valence-electron chi connectivity index (χ1n) is 17.2. The lowest BCUT2D eigenvalue weighted by molar-refractivity contribution is -0.123. The van der Waals surface area contributed by atoms with Crippen molar-refractivity contribution >= 4 is 5.91 Å². The number of carbonyl (C=O) groups excluding carboxylic acids is 1. The molecule has 40 heavy (non-hydrogen) atoms. The first kappa shape index (κ1) is 38.6. The van der Waals surface area contributed by atoms with Crippen molar-refractivity contribution in [2.75, 3.05) is 6.61 Å². The number of aliphatic hydroxyl groups is 2. The lowest BCUT2D eigenvalue weighted by atomic mass is 10.0. The molecule has 0 saturated heterocycles. The smallest absolute Gasteiger partial charge is 0.220 e. The minimum absolute atomic E-state index is 0.0789. The highest BCUT2D eigenvalue weighted by Crippen LogP contribution is 2.13. The van der Waals surface area contributed by atoms with E-state index >= 15 is 0 Å². The van der Waals surface area contributed by atoms with Crippen molar-refractivity contribution in [1.29, 1.82) is 0 Å². The van der Waals surface area contributed by atoms with Gasteiger partial charge in [0.2, 0.25) is 5.91 Å². The van der Waals surface area contributed by atoms with E-state index in [4.69, 9.17) is 0 Å². The van der Waals surface area contributed by atoms with Gasteiger partial charge in [0.05, 0.1) is 18.8 Å². The lowest BCUT2D eigenvalue weighted by Gasteiger charge is -2.20. The number of rotatable bonds is 30. The van der Waals surface area contributed by atoms with Crippen molar-refractivity contribution < 1.29 is 15.0 Å². The second-order valence-corrected chi connectivity index (χ2v) is 11.6. The number of hydrogen-bond acceptors (Lipinski definition) is 3. The molecule has 2 atom stereocenters. The molecule has 3 N–H and O–H groups in total. The van der Waals surface area contributed by atoms with Gasteiger partial charge < -0.3 is 15.5 Å². The molecule has 234 valence electrons. The van der Waals surface area contributed by atoms with E-state index in [0.717, 1.165) is 38.5 Å². The summed E-state index contributed by atoms with van der Waals surface area (Å²) in [5.41, 5.74) is 0. The molecular formula is C36H67NO3. The summed E-state index contributed by atoms with van der Waals surface area (Å²) < 4.78 is 0.